The maximum Gasteiger partial charge on any atom is 0.143 e. The van der Waals surface area contributed by atoms with E-state index < -0.39 is 11.9 Å². The Balaban J connectivity index is 2.50. The smallest absolute Gasteiger partial charge is 0.143 e. The molecule has 0 aliphatic heterocycles. The van der Waals surface area contributed by atoms with Crippen molar-refractivity contribution in [3.05, 3.63) is 67.3 Å². The summed E-state index contributed by atoms with van der Waals surface area (Å²) in [5.41, 5.74) is 3.00. The van der Waals surface area contributed by atoms with Crippen LogP contribution < -0.4 is 0 Å². The van der Waals surface area contributed by atoms with Crippen molar-refractivity contribution in [2.45, 2.75) is 20.0 Å². The number of aryl methyl sites for hydroxylation is 2. The van der Waals surface area contributed by atoms with Crippen molar-refractivity contribution in [2.24, 2.45) is 0 Å². The van der Waals surface area contributed by atoms with Crippen LogP contribution in [0.5, 0.6) is 0 Å². The topological polar surface area (TPSA) is 20.2 Å². The molecule has 0 aliphatic rings. The van der Waals surface area contributed by atoms with Crippen LogP contribution in [0.4, 0.5) is 4.39 Å². The Kier molecular flexibility index (Phi) is 4.43. The molecule has 0 bridgehead atoms. The van der Waals surface area contributed by atoms with E-state index in [9.17, 15) is 9.50 Å². The lowest BCUT2D eigenvalue weighted by Crippen LogP contribution is -2.04. The number of benzene rings is 2. The first-order chi connectivity index (χ1) is 8.91. The lowest BCUT2D eigenvalue weighted by molar-refractivity contribution is 0.214. The Morgan fingerprint density at radius 3 is 2.26 bits per heavy atom. The van der Waals surface area contributed by atoms with Crippen LogP contribution in [0.15, 0.2) is 39.3 Å². The minimum absolute atomic E-state index is 0.274. The van der Waals surface area contributed by atoms with Gasteiger partial charge in [0.05, 0.1) is 4.47 Å². The molecule has 1 unspecified atom stereocenters. The molecule has 4 heteroatoms. The fraction of sp³-hybridized carbons (Fsp3) is 0.200. The highest BCUT2D eigenvalue weighted by Crippen LogP contribution is 2.31. The summed E-state index contributed by atoms with van der Waals surface area (Å²) in [6.45, 7) is 3.90. The summed E-state index contributed by atoms with van der Waals surface area (Å²) in [5, 5.41) is 10.4. The van der Waals surface area contributed by atoms with Gasteiger partial charge >= 0.3 is 0 Å². The molecule has 0 radical (unpaired) electrons. The molecule has 19 heavy (non-hydrogen) atoms. The quantitative estimate of drug-likeness (QED) is 0.764. The zero-order valence-electron chi connectivity index (χ0n) is 10.5. The Bertz CT molecular complexity index is 603. The normalized spacial score (nSPS) is 12.5. The Morgan fingerprint density at radius 1 is 1.11 bits per heavy atom. The van der Waals surface area contributed by atoms with Crippen LogP contribution in [0.1, 0.15) is 28.4 Å². The Morgan fingerprint density at radius 2 is 1.68 bits per heavy atom. The third-order valence-corrected chi connectivity index (χ3v) is 4.91. The van der Waals surface area contributed by atoms with Crippen LogP contribution in [0, 0.1) is 19.7 Å². The highest BCUT2D eigenvalue weighted by atomic mass is 79.9. The molecule has 0 heterocycles. The minimum atomic E-state index is -0.969. The summed E-state index contributed by atoms with van der Waals surface area (Å²) in [7, 11) is 0. The van der Waals surface area contributed by atoms with E-state index in [-0.39, 0.29) is 5.56 Å². The summed E-state index contributed by atoms with van der Waals surface area (Å²) < 4.78 is 15.4. The maximum absolute atomic E-state index is 14.0. The molecule has 1 N–H and O–H groups in total. The van der Waals surface area contributed by atoms with Gasteiger partial charge in [-0.25, -0.2) is 4.39 Å². The summed E-state index contributed by atoms with van der Waals surface area (Å²) in [6, 6.07) is 8.65. The van der Waals surface area contributed by atoms with Crippen LogP contribution in [-0.2, 0) is 0 Å². The predicted octanol–water partition coefficient (Wildman–Crippen LogP) is 5.05. The van der Waals surface area contributed by atoms with E-state index in [4.69, 9.17) is 0 Å². The van der Waals surface area contributed by atoms with Gasteiger partial charge in [-0.3, -0.25) is 0 Å². The van der Waals surface area contributed by atoms with Crippen LogP contribution in [0.25, 0.3) is 0 Å². The molecule has 0 aliphatic carbocycles. The van der Waals surface area contributed by atoms with E-state index in [1.807, 2.05) is 26.0 Å². The van der Waals surface area contributed by atoms with Gasteiger partial charge in [-0.05, 0) is 52.5 Å². The fourth-order valence-corrected chi connectivity index (χ4v) is 2.66. The molecule has 0 spiro atoms. The molecular weight excluding hydrogens is 375 g/mol. The van der Waals surface area contributed by atoms with Crippen molar-refractivity contribution in [3.8, 4) is 0 Å². The SMILES string of the molecule is Cc1cc(C(O)c2cccc(Br)c2F)cc(C)c1Br. The van der Waals surface area contributed by atoms with Crippen LogP contribution >= 0.6 is 31.9 Å². The molecule has 2 rings (SSSR count). The van der Waals surface area contributed by atoms with E-state index in [2.05, 4.69) is 31.9 Å². The van der Waals surface area contributed by atoms with Crippen LogP contribution in [0.2, 0.25) is 0 Å². The van der Waals surface area contributed by atoms with Gasteiger partial charge in [-0.1, -0.05) is 40.2 Å². The zero-order valence-corrected chi connectivity index (χ0v) is 13.7. The Labute approximate surface area is 128 Å². The van der Waals surface area contributed by atoms with Gasteiger partial charge in [-0.2, -0.15) is 0 Å². The lowest BCUT2D eigenvalue weighted by Gasteiger charge is -2.15. The molecule has 0 aromatic heterocycles. The predicted molar refractivity (Wildman–Crippen MR) is 81.8 cm³/mol. The number of halogens is 3. The summed E-state index contributed by atoms with van der Waals surface area (Å²) in [4.78, 5) is 0. The third kappa shape index (κ3) is 2.91. The average Bonchev–Trinajstić information content (AvgIpc) is 2.38. The van der Waals surface area contributed by atoms with Gasteiger partial charge in [0.25, 0.3) is 0 Å². The van der Waals surface area contributed by atoms with E-state index in [0.717, 1.165) is 15.6 Å². The maximum atomic E-state index is 14.0. The number of aliphatic hydroxyl groups is 1. The standard InChI is InChI=1S/C15H13Br2FO/c1-8-6-10(7-9(2)13(8)17)15(19)11-4-3-5-12(16)14(11)18/h3-7,15,19H,1-2H3. The van der Waals surface area contributed by atoms with Gasteiger partial charge in [0.2, 0.25) is 0 Å². The largest absolute Gasteiger partial charge is 0.384 e. The summed E-state index contributed by atoms with van der Waals surface area (Å²) in [5.74, 6) is -0.423. The second-order valence-electron chi connectivity index (χ2n) is 4.51. The molecule has 0 amide bonds. The summed E-state index contributed by atoms with van der Waals surface area (Å²) >= 11 is 6.62. The first-order valence-electron chi connectivity index (χ1n) is 5.80. The Hall–Kier alpha value is -0.710. The van der Waals surface area contributed by atoms with Crippen LogP contribution in [-0.4, -0.2) is 5.11 Å². The van der Waals surface area contributed by atoms with Gasteiger partial charge in [-0.15, -0.1) is 0 Å². The van der Waals surface area contributed by atoms with E-state index in [0.29, 0.717) is 10.0 Å². The van der Waals surface area contributed by atoms with E-state index in [1.54, 1.807) is 18.2 Å². The van der Waals surface area contributed by atoms with Gasteiger partial charge in [0.1, 0.15) is 11.9 Å². The minimum Gasteiger partial charge on any atom is -0.384 e. The van der Waals surface area contributed by atoms with Crippen molar-refractivity contribution in [1.29, 1.82) is 0 Å². The second kappa shape index (κ2) is 5.73. The molecular formula is C15H13Br2FO. The molecule has 1 nitrogen and oxygen atoms in total. The van der Waals surface area contributed by atoms with Gasteiger partial charge < -0.3 is 5.11 Å². The molecule has 0 fully saturated rings. The molecule has 0 saturated carbocycles. The van der Waals surface area contributed by atoms with Gasteiger partial charge in [0, 0.05) is 10.0 Å². The monoisotopic (exact) mass is 386 g/mol. The van der Waals surface area contributed by atoms with Crippen molar-refractivity contribution in [3.63, 3.8) is 0 Å². The van der Waals surface area contributed by atoms with E-state index >= 15 is 0 Å². The molecule has 100 valence electrons. The second-order valence-corrected chi connectivity index (χ2v) is 6.16. The third-order valence-electron chi connectivity index (χ3n) is 3.05. The summed E-state index contributed by atoms with van der Waals surface area (Å²) in [6.07, 6.45) is -0.969. The fourth-order valence-electron chi connectivity index (χ4n) is 2.05. The average molecular weight is 388 g/mol. The van der Waals surface area contributed by atoms with Crippen molar-refractivity contribution >= 4 is 31.9 Å². The zero-order chi connectivity index (χ0) is 14.2. The molecule has 0 saturated heterocycles. The highest BCUT2D eigenvalue weighted by molar-refractivity contribution is 9.10. The van der Waals surface area contributed by atoms with Crippen molar-refractivity contribution < 1.29 is 9.50 Å². The molecule has 1 atom stereocenters. The number of hydrogen-bond donors (Lipinski definition) is 1. The van der Waals surface area contributed by atoms with Crippen LogP contribution in [0.3, 0.4) is 0 Å². The molecule has 2 aromatic carbocycles. The molecule has 2 aromatic rings. The van der Waals surface area contributed by atoms with E-state index in [1.165, 1.54) is 0 Å². The lowest BCUT2D eigenvalue weighted by atomic mass is 9.97. The number of rotatable bonds is 2. The number of hydrogen-bond acceptors (Lipinski definition) is 1. The van der Waals surface area contributed by atoms with Gasteiger partial charge in [0.15, 0.2) is 0 Å². The number of aliphatic hydroxyl groups excluding tert-OH is 1. The van der Waals surface area contributed by atoms with Crippen molar-refractivity contribution in [1.82, 2.24) is 0 Å². The first-order valence-corrected chi connectivity index (χ1v) is 7.39. The highest BCUT2D eigenvalue weighted by Gasteiger charge is 2.18. The first kappa shape index (κ1) is 14.7. The van der Waals surface area contributed by atoms with Crippen molar-refractivity contribution in [2.75, 3.05) is 0 Å².